The molecule has 2 amide bonds. The van der Waals surface area contributed by atoms with Gasteiger partial charge in [0.05, 0.1) is 17.7 Å². The Balaban J connectivity index is 1.75. The number of halogens is 1. The van der Waals surface area contributed by atoms with Crippen molar-refractivity contribution in [2.45, 2.75) is 0 Å². The molecule has 2 N–H and O–H groups in total. The van der Waals surface area contributed by atoms with E-state index in [2.05, 4.69) is 10.6 Å². The number of benzene rings is 2. The zero-order chi connectivity index (χ0) is 20.1. The zero-order valence-corrected chi connectivity index (χ0v) is 16.1. The number of amides is 2. The number of fused-ring (bicyclic) bond motifs is 1. The number of rotatable bonds is 5. The maximum absolute atomic E-state index is 12.2. The molecule has 1 aliphatic heterocycles. The molecule has 2 aromatic rings. The van der Waals surface area contributed by atoms with Crippen LogP contribution in [0, 0.1) is 0 Å². The highest BCUT2D eigenvalue weighted by Crippen LogP contribution is 2.40. The number of carbonyl (C=O) groups excluding carboxylic acids is 2. The molecule has 0 aromatic heterocycles. The van der Waals surface area contributed by atoms with E-state index in [9.17, 15) is 9.59 Å². The average Bonchev–Trinajstić information content (AvgIpc) is 2.72. The first kappa shape index (κ1) is 19.6. The lowest BCUT2D eigenvalue weighted by Gasteiger charge is -2.20. The largest absolute Gasteiger partial charge is 0.493 e. The second-order valence-corrected chi connectivity index (χ2v) is 6.25. The van der Waals surface area contributed by atoms with Crippen LogP contribution in [-0.4, -0.2) is 39.2 Å². The lowest BCUT2D eigenvalue weighted by atomic mass is 10.1. The van der Waals surface area contributed by atoms with E-state index in [4.69, 9.17) is 25.8 Å². The fourth-order valence-corrected chi connectivity index (χ4v) is 2.86. The van der Waals surface area contributed by atoms with Gasteiger partial charge in [-0.05, 0) is 42.0 Å². The van der Waals surface area contributed by atoms with E-state index in [1.54, 1.807) is 37.5 Å². The minimum absolute atomic E-state index is 0.280. The number of methoxy groups -OCH3 is 1. The Bertz CT molecular complexity index is 925. The van der Waals surface area contributed by atoms with Crippen LogP contribution < -0.4 is 24.8 Å². The van der Waals surface area contributed by atoms with Gasteiger partial charge < -0.3 is 24.8 Å². The standard InChI is InChI=1S/C20H19ClN2O5/c1-22-20(25)14-11-13(4-5-15(14)21)23-18(24)6-3-12-9-16(26-2)19-17(10-12)27-7-8-28-19/h3-6,9-11H,7-8H2,1-2H3,(H,22,25)(H,23,24). The molecule has 0 fully saturated rings. The van der Waals surface area contributed by atoms with Gasteiger partial charge in [-0.3, -0.25) is 9.59 Å². The molecular formula is C20H19ClN2O5. The summed E-state index contributed by atoms with van der Waals surface area (Å²) < 4.78 is 16.5. The van der Waals surface area contributed by atoms with Crippen molar-refractivity contribution in [3.05, 3.63) is 52.6 Å². The molecule has 0 spiro atoms. The monoisotopic (exact) mass is 402 g/mol. The first-order valence-corrected chi connectivity index (χ1v) is 8.88. The molecule has 1 aliphatic rings. The molecule has 0 bridgehead atoms. The van der Waals surface area contributed by atoms with Crippen LogP contribution in [0.1, 0.15) is 15.9 Å². The molecule has 7 nitrogen and oxygen atoms in total. The first-order valence-electron chi connectivity index (χ1n) is 8.50. The third kappa shape index (κ3) is 4.37. The summed E-state index contributed by atoms with van der Waals surface area (Å²) in [5.74, 6) is 0.959. The average molecular weight is 403 g/mol. The number of anilines is 1. The van der Waals surface area contributed by atoms with Crippen molar-refractivity contribution in [2.24, 2.45) is 0 Å². The predicted octanol–water partition coefficient (Wildman–Crippen LogP) is 3.13. The highest BCUT2D eigenvalue weighted by Gasteiger charge is 2.18. The summed E-state index contributed by atoms with van der Waals surface area (Å²) in [7, 11) is 3.05. The minimum Gasteiger partial charge on any atom is -0.493 e. The van der Waals surface area contributed by atoms with Crippen molar-refractivity contribution in [2.75, 3.05) is 32.7 Å². The first-order chi connectivity index (χ1) is 13.5. The van der Waals surface area contributed by atoms with Crippen LogP contribution in [0.15, 0.2) is 36.4 Å². The molecule has 0 saturated heterocycles. The van der Waals surface area contributed by atoms with Gasteiger partial charge in [-0.2, -0.15) is 0 Å². The number of hydrogen-bond acceptors (Lipinski definition) is 5. The molecule has 0 saturated carbocycles. The Hall–Kier alpha value is -3.19. The molecular weight excluding hydrogens is 384 g/mol. The lowest BCUT2D eigenvalue weighted by molar-refractivity contribution is -0.111. The Morgan fingerprint density at radius 2 is 1.96 bits per heavy atom. The van der Waals surface area contributed by atoms with E-state index >= 15 is 0 Å². The quantitative estimate of drug-likeness (QED) is 0.750. The van der Waals surface area contributed by atoms with Crippen molar-refractivity contribution in [3.8, 4) is 17.2 Å². The van der Waals surface area contributed by atoms with Crippen LogP contribution in [0.3, 0.4) is 0 Å². The van der Waals surface area contributed by atoms with Crippen LogP contribution in [0.4, 0.5) is 5.69 Å². The number of hydrogen-bond donors (Lipinski definition) is 2. The maximum Gasteiger partial charge on any atom is 0.252 e. The summed E-state index contributed by atoms with van der Waals surface area (Å²) in [5.41, 5.74) is 1.46. The van der Waals surface area contributed by atoms with Crippen LogP contribution in [0.25, 0.3) is 6.08 Å². The molecule has 3 rings (SSSR count). The molecule has 0 aliphatic carbocycles. The molecule has 2 aromatic carbocycles. The van der Waals surface area contributed by atoms with Crippen molar-refractivity contribution in [3.63, 3.8) is 0 Å². The molecule has 0 radical (unpaired) electrons. The van der Waals surface area contributed by atoms with Gasteiger partial charge in [0.1, 0.15) is 13.2 Å². The number of carbonyl (C=O) groups is 2. The fourth-order valence-electron chi connectivity index (χ4n) is 2.66. The summed E-state index contributed by atoms with van der Waals surface area (Å²) in [6.45, 7) is 0.911. The molecule has 1 heterocycles. The van der Waals surface area contributed by atoms with Gasteiger partial charge in [0, 0.05) is 18.8 Å². The molecule has 28 heavy (non-hydrogen) atoms. The van der Waals surface area contributed by atoms with Crippen LogP contribution in [-0.2, 0) is 4.79 Å². The summed E-state index contributed by atoms with van der Waals surface area (Å²) in [6.07, 6.45) is 3.00. The van der Waals surface area contributed by atoms with E-state index in [0.717, 1.165) is 5.56 Å². The van der Waals surface area contributed by atoms with E-state index < -0.39 is 0 Å². The Morgan fingerprint density at radius 1 is 1.18 bits per heavy atom. The topological polar surface area (TPSA) is 85.9 Å². The van der Waals surface area contributed by atoms with Crippen LogP contribution in [0.5, 0.6) is 17.2 Å². The molecule has 8 heteroatoms. The third-order valence-corrected chi connectivity index (χ3v) is 4.31. The molecule has 0 unspecified atom stereocenters. The van der Waals surface area contributed by atoms with Gasteiger partial charge in [-0.25, -0.2) is 0 Å². The Kier molecular flexibility index (Phi) is 6.06. The normalized spacial score (nSPS) is 12.5. The molecule has 146 valence electrons. The maximum atomic E-state index is 12.2. The summed E-state index contributed by atoms with van der Waals surface area (Å²) in [4.78, 5) is 24.1. The van der Waals surface area contributed by atoms with Crippen LogP contribution in [0.2, 0.25) is 5.02 Å². The summed E-state index contributed by atoms with van der Waals surface area (Å²) in [5, 5.41) is 5.50. The van der Waals surface area contributed by atoms with Gasteiger partial charge in [0.25, 0.3) is 5.91 Å². The smallest absolute Gasteiger partial charge is 0.252 e. The van der Waals surface area contributed by atoms with Gasteiger partial charge in [0.15, 0.2) is 11.5 Å². The van der Waals surface area contributed by atoms with Crippen molar-refractivity contribution < 1.29 is 23.8 Å². The Labute approximate surface area is 167 Å². The van der Waals surface area contributed by atoms with Gasteiger partial charge in [-0.1, -0.05) is 11.6 Å². The minimum atomic E-state index is -0.362. The van der Waals surface area contributed by atoms with E-state index in [-0.39, 0.29) is 17.4 Å². The zero-order valence-electron chi connectivity index (χ0n) is 15.4. The van der Waals surface area contributed by atoms with Crippen molar-refractivity contribution in [1.29, 1.82) is 0 Å². The van der Waals surface area contributed by atoms with E-state index in [1.165, 1.54) is 19.2 Å². The van der Waals surface area contributed by atoms with Crippen LogP contribution >= 0.6 is 11.6 Å². The number of ether oxygens (including phenoxy) is 3. The second-order valence-electron chi connectivity index (χ2n) is 5.84. The van der Waals surface area contributed by atoms with E-state index in [1.807, 2.05) is 0 Å². The Morgan fingerprint density at radius 3 is 2.71 bits per heavy atom. The summed E-state index contributed by atoms with van der Waals surface area (Å²) in [6, 6.07) is 8.21. The van der Waals surface area contributed by atoms with Gasteiger partial charge in [-0.15, -0.1) is 0 Å². The second kappa shape index (κ2) is 8.67. The van der Waals surface area contributed by atoms with Gasteiger partial charge in [0.2, 0.25) is 11.7 Å². The highest BCUT2D eigenvalue weighted by molar-refractivity contribution is 6.34. The van der Waals surface area contributed by atoms with Gasteiger partial charge >= 0.3 is 0 Å². The van der Waals surface area contributed by atoms with Crippen molar-refractivity contribution in [1.82, 2.24) is 5.32 Å². The lowest BCUT2D eigenvalue weighted by Crippen LogP contribution is -2.18. The third-order valence-electron chi connectivity index (χ3n) is 3.98. The fraction of sp³-hybridized carbons (Fsp3) is 0.200. The molecule has 0 atom stereocenters. The summed E-state index contributed by atoms with van der Waals surface area (Å²) >= 11 is 6.01. The van der Waals surface area contributed by atoms with E-state index in [0.29, 0.717) is 41.2 Å². The SMILES string of the molecule is CNC(=O)c1cc(NC(=O)C=Cc2cc(OC)c3c(c2)OCCO3)ccc1Cl. The van der Waals surface area contributed by atoms with Crippen molar-refractivity contribution >= 4 is 35.2 Å². The number of nitrogens with one attached hydrogen (secondary N) is 2. The predicted molar refractivity (Wildman–Crippen MR) is 106 cm³/mol. The highest BCUT2D eigenvalue weighted by atomic mass is 35.5.